The van der Waals surface area contributed by atoms with E-state index in [1.807, 2.05) is 13.0 Å². The molecule has 38 heavy (non-hydrogen) atoms. The first kappa shape index (κ1) is 24.4. The number of aryl methyl sites for hydroxylation is 1. The molecule has 4 heterocycles. The number of carbonyl (C=O) groups is 2. The molecule has 0 saturated heterocycles. The average Bonchev–Trinajstić information content (AvgIpc) is 3.25. The van der Waals surface area contributed by atoms with Crippen LogP contribution in [0, 0.1) is 0 Å². The van der Waals surface area contributed by atoms with E-state index in [4.69, 9.17) is 19.2 Å². The molecule has 2 atom stereocenters. The molecule has 2 aromatic heterocycles. The lowest BCUT2D eigenvalue weighted by molar-refractivity contribution is -0.157. The van der Waals surface area contributed by atoms with Gasteiger partial charge in [0.1, 0.15) is 18.5 Å². The van der Waals surface area contributed by atoms with Gasteiger partial charge in [0.2, 0.25) is 0 Å². The number of aliphatic hydroxyl groups is 1. The summed E-state index contributed by atoms with van der Waals surface area (Å²) in [6, 6.07) is 6.90. The Morgan fingerprint density at radius 2 is 2.05 bits per heavy atom. The first-order chi connectivity index (χ1) is 18.4. The van der Waals surface area contributed by atoms with Crippen LogP contribution in [0.3, 0.4) is 0 Å². The normalized spacial score (nSPS) is 20.1. The topological polar surface area (TPSA) is 117 Å². The largest absolute Gasteiger partial charge is 0.514 e. The fourth-order valence-corrected chi connectivity index (χ4v) is 5.63. The predicted molar refractivity (Wildman–Crippen MR) is 138 cm³/mol. The lowest BCUT2D eigenvalue weighted by atomic mass is 9.97. The number of hydrogen-bond donors (Lipinski definition) is 1. The second-order valence-electron chi connectivity index (χ2n) is 9.89. The Morgan fingerprint density at radius 3 is 2.89 bits per heavy atom. The van der Waals surface area contributed by atoms with Crippen molar-refractivity contribution in [1.29, 1.82) is 0 Å². The second kappa shape index (κ2) is 9.72. The molecule has 1 aromatic carbocycles. The number of aromatic nitrogens is 2. The van der Waals surface area contributed by atoms with Gasteiger partial charge in [0.05, 0.1) is 29.0 Å². The molecule has 9 nitrogen and oxygen atoms in total. The van der Waals surface area contributed by atoms with Gasteiger partial charge in [-0.25, -0.2) is 14.6 Å². The number of allylic oxidation sites excluding steroid dienone is 1. The van der Waals surface area contributed by atoms with Gasteiger partial charge in [0, 0.05) is 16.5 Å². The van der Waals surface area contributed by atoms with Gasteiger partial charge < -0.3 is 23.9 Å². The molecule has 2 aliphatic heterocycles. The number of hydrogen-bond acceptors (Lipinski definition) is 8. The molecule has 3 aliphatic rings. The van der Waals surface area contributed by atoms with Gasteiger partial charge in [-0.05, 0) is 68.0 Å². The lowest BCUT2D eigenvalue weighted by Gasteiger charge is -2.21. The molecular weight excluding hydrogens is 488 g/mol. The van der Waals surface area contributed by atoms with Crippen LogP contribution in [0.4, 0.5) is 4.79 Å². The third kappa shape index (κ3) is 4.16. The van der Waals surface area contributed by atoms with Crippen LogP contribution in [-0.2, 0) is 33.8 Å². The van der Waals surface area contributed by atoms with Crippen LogP contribution in [0.5, 0.6) is 5.75 Å². The van der Waals surface area contributed by atoms with Crippen LogP contribution in [0.15, 0.2) is 41.2 Å². The molecule has 0 amide bonds. The number of rotatable bonds is 3. The van der Waals surface area contributed by atoms with Crippen molar-refractivity contribution in [3.05, 3.63) is 69.0 Å². The van der Waals surface area contributed by atoms with Crippen LogP contribution in [0.2, 0.25) is 0 Å². The quantitative estimate of drug-likeness (QED) is 0.241. The minimum Gasteiger partial charge on any atom is -0.458 e. The van der Waals surface area contributed by atoms with Gasteiger partial charge in [-0.3, -0.25) is 4.79 Å². The highest BCUT2D eigenvalue weighted by Gasteiger charge is 2.34. The summed E-state index contributed by atoms with van der Waals surface area (Å²) in [6.07, 6.45) is 7.16. The molecule has 0 bridgehead atoms. The second-order valence-corrected chi connectivity index (χ2v) is 9.89. The van der Waals surface area contributed by atoms with Crippen LogP contribution >= 0.6 is 0 Å². The molecule has 1 aliphatic carbocycles. The minimum atomic E-state index is -1.50. The molecule has 1 N–H and O–H groups in total. The molecule has 196 valence electrons. The van der Waals surface area contributed by atoms with Gasteiger partial charge in [0.25, 0.3) is 5.56 Å². The zero-order valence-corrected chi connectivity index (χ0v) is 21.1. The van der Waals surface area contributed by atoms with Crippen molar-refractivity contribution < 1.29 is 28.9 Å². The molecule has 1 unspecified atom stereocenters. The number of pyridine rings is 2. The van der Waals surface area contributed by atoms with E-state index in [0.717, 1.165) is 48.6 Å². The Morgan fingerprint density at radius 1 is 1.18 bits per heavy atom. The number of nitrogens with zero attached hydrogens (tertiary/aromatic N) is 2. The Balaban J connectivity index is 1.34. The summed E-state index contributed by atoms with van der Waals surface area (Å²) >= 11 is 0. The summed E-state index contributed by atoms with van der Waals surface area (Å²) in [6.45, 7) is 2.17. The third-order valence-electron chi connectivity index (χ3n) is 7.56. The first-order valence-corrected chi connectivity index (χ1v) is 13.1. The Kier molecular flexibility index (Phi) is 6.23. The molecule has 0 saturated carbocycles. The van der Waals surface area contributed by atoms with E-state index in [0.29, 0.717) is 35.6 Å². The maximum absolute atomic E-state index is 13.3. The first-order valence-electron chi connectivity index (χ1n) is 13.1. The number of aliphatic hydroxyl groups excluding tert-OH is 1. The highest BCUT2D eigenvalue weighted by Crippen LogP contribution is 2.38. The number of carbonyl (C=O) groups excluding carboxylic acids is 2. The Hall–Kier alpha value is -3.98. The van der Waals surface area contributed by atoms with Crippen LogP contribution in [0.25, 0.3) is 22.3 Å². The smallest absolute Gasteiger partial charge is 0.458 e. The number of fused-ring (bicyclic) bond motifs is 5. The lowest BCUT2D eigenvalue weighted by Crippen LogP contribution is -2.32. The van der Waals surface area contributed by atoms with Crippen molar-refractivity contribution in [1.82, 2.24) is 9.55 Å². The van der Waals surface area contributed by atoms with Crippen LogP contribution in [-0.4, -0.2) is 32.9 Å². The van der Waals surface area contributed by atoms with Gasteiger partial charge in [-0.2, -0.15) is 0 Å². The zero-order valence-electron chi connectivity index (χ0n) is 21.1. The summed E-state index contributed by atoms with van der Waals surface area (Å²) in [7, 11) is 0. The Bertz CT molecular complexity index is 1550. The molecule has 0 spiro atoms. The highest BCUT2D eigenvalue weighted by molar-refractivity contribution is 5.90. The van der Waals surface area contributed by atoms with Gasteiger partial charge in [-0.1, -0.05) is 19.4 Å². The molecule has 3 aromatic rings. The van der Waals surface area contributed by atoms with Crippen LogP contribution < -0.4 is 10.3 Å². The number of benzene rings is 1. The van der Waals surface area contributed by atoms with Crippen molar-refractivity contribution in [2.24, 2.45) is 0 Å². The minimum absolute atomic E-state index is 0.163. The summed E-state index contributed by atoms with van der Waals surface area (Å²) in [4.78, 5) is 42.5. The molecule has 0 radical (unpaired) electrons. The van der Waals surface area contributed by atoms with E-state index < -0.39 is 18.2 Å². The van der Waals surface area contributed by atoms with Crippen molar-refractivity contribution in [3.8, 4) is 17.1 Å². The maximum atomic E-state index is 13.3. The van der Waals surface area contributed by atoms with Crippen molar-refractivity contribution >= 4 is 23.0 Å². The maximum Gasteiger partial charge on any atom is 0.514 e. The van der Waals surface area contributed by atoms with E-state index in [1.165, 1.54) is 0 Å². The highest BCUT2D eigenvalue weighted by atomic mass is 16.7. The standard InChI is InChI=1S/C29H28N2O7/c1-2-18-19-12-17(38-29(35)37-16-8-6-4-3-5-7-9-16)10-11-23(19)30-25-21(18)14-31-24(25)13-20-22(27(31)33)15-36-28(34)26(20)32/h6,8,10-13,16,26,32H,2-5,7,9,14-15H2,1H3/t16?,26-/m0/s1. The van der Waals surface area contributed by atoms with Gasteiger partial charge in [-0.15, -0.1) is 0 Å². The van der Waals surface area contributed by atoms with Gasteiger partial charge in [0.15, 0.2) is 6.10 Å². The number of esters is 1. The van der Waals surface area contributed by atoms with Crippen molar-refractivity contribution in [3.63, 3.8) is 0 Å². The van der Waals surface area contributed by atoms with E-state index in [-0.39, 0.29) is 29.4 Å². The summed E-state index contributed by atoms with van der Waals surface area (Å²) in [5, 5.41) is 11.2. The number of cyclic esters (lactones) is 1. The van der Waals surface area contributed by atoms with Crippen molar-refractivity contribution in [2.75, 3.05) is 0 Å². The molecule has 9 heteroatoms. The zero-order chi connectivity index (χ0) is 26.4. The molecular formula is C29H28N2O7. The van der Waals surface area contributed by atoms with Crippen molar-refractivity contribution in [2.45, 2.75) is 70.8 Å². The SMILES string of the molecule is CCc1c2c(nc3ccc(OC(=O)OC4C=CCCCCC4)cc13)-c1cc3c(c(=O)n1C2)COC(=O)[C@H]3O. The summed E-state index contributed by atoms with van der Waals surface area (Å²) in [5.41, 5.74) is 4.01. The fourth-order valence-electron chi connectivity index (χ4n) is 5.63. The molecule has 0 fully saturated rings. The monoisotopic (exact) mass is 516 g/mol. The van der Waals surface area contributed by atoms with E-state index >= 15 is 0 Å². The van der Waals surface area contributed by atoms with E-state index in [9.17, 15) is 19.5 Å². The van der Waals surface area contributed by atoms with E-state index in [1.54, 1.807) is 28.8 Å². The average molecular weight is 517 g/mol. The van der Waals surface area contributed by atoms with Gasteiger partial charge >= 0.3 is 12.1 Å². The van der Waals surface area contributed by atoms with E-state index in [2.05, 4.69) is 6.08 Å². The third-order valence-corrected chi connectivity index (χ3v) is 7.56. The fraction of sp³-hybridized carbons (Fsp3) is 0.379. The number of ether oxygens (including phenoxy) is 3. The Labute approximate surface area is 218 Å². The predicted octanol–water partition coefficient (Wildman–Crippen LogP) is 4.48. The molecule has 6 rings (SSSR count). The summed E-state index contributed by atoms with van der Waals surface area (Å²) in [5.74, 6) is -0.409. The van der Waals surface area contributed by atoms with Crippen LogP contribution in [0.1, 0.15) is 67.4 Å². The summed E-state index contributed by atoms with van der Waals surface area (Å²) < 4.78 is 17.7.